The molecular formula is C17H18BrN3O3S. The summed E-state index contributed by atoms with van der Waals surface area (Å²) in [6.07, 6.45) is 1.48. The van der Waals surface area contributed by atoms with Crippen LogP contribution in [0.3, 0.4) is 0 Å². The summed E-state index contributed by atoms with van der Waals surface area (Å²) in [4.78, 5) is 12.2. The van der Waals surface area contributed by atoms with Gasteiger partial charge < -0.3 is 0 Å². The van der Waals surface area contributed by atoms with Crippen molar-refractivity contribution in [1.29, 1.82) is 0 Å². The molecule has 6 nitrogen and oxygen atoms in total. The molecule has 0 saturated carbocycles. The summed E-state index contributed by atoms with van der Waals surface area (Å²) in [6, 6.07) is 13.1. The van der Waals surface area contributed by atoms with Crippen molar-refractivity contribution in [3.8, 4) is 0 Å². The van der Waals surface area contributed by atoms with E-state index >= 15 is 0 Å². The second kappa shape index (κ2) is 8.37. The largest absolute Gasteiger partial charge is 0.272 e. The van der Waals surface area contributed by atoms with Crippen LogP contribution in [0.1, 0.15) is 29.8 Å². The number of hydrazone groups is 1. The van der Waals surface area contributed by atoms with Crippen LogP contribution in [0.4, 0.5) is 0 Å². The molecule has 0 unspecified atom stereocenters. The van der Waals surface area contributed by atoms with Gasteiger partial charge in [0.15, 0.2) is 0 Å². The van der Waals surface area contributed by atoms with Crippen LogP contribution in [0.5, 0.6) is 0 Å². The molecule has 2 aromatic rings. The van der Waals surface area contributed by atoms with Gasteiger partial charge in [0.2, 0.25) is 10.0 Å². The predicted molar refractivity (Wildman–Crippen MR) is 101 cm³/mol. The molecule has 0 aliphatic heterocycles. The topological polar surface area (TPSA) is 87.6 Å². The summed E-state index contributed by atoms with van der Waals surface area (Å²) in [5.41, 5.74) is 3.18. The summed E-state index contributed by atoms with van der Waals surface area (Å²) >= 11 is 3.33. The molecule has 0 aliphatic rings. The summed E-state index contributed by atoms with van der Waals surface area (Å²) in [6.45, 7) is 3.42. The zero-order valence-electron chi connectivity index (χ0n) is 13.7. The van der Waals surface area contributed by atoms with Gasteiger partial charge in [-0.1, -0.05) is 40.2 Å². The fourth-order valence-electron chi connectivity index (χ4n) is 2.04. The molecule has 0 radical (unpaired) electrons. The first-order valence-electron chi connectivity index (χ1n) is 7.50. The van der Waals surface area contributed by atoms with Gasteiger partial charge in [0.1, 0.15) is 0 Å². The Morgan fingerprint density at radius 1 is 1.12 bits per heavy atom. The molecule has 0 spiro atoms. The maximum atomic E-state index is 12.4. The summed E-state index contributed by atoms with van der Waals surface area (Å²) in [7, 11) is -3.79. The average molecular weight is 424 g/mol. The third-order valence-corrected chi connectivity index (χ3v) is 5.31. The third-order valence-electron chi connectivity index (χ3n) is 3.06. The molecule has 132 valence electrons. The zero-order valence-corrected chi connectivity index (χ0v) is 16.1. The standard InChI is InChI=1S/C17H18BrN3O3S/c1-12(2)21-25(23,24)16-6-4-3-5-15(16)17(22)20-19-11-13-7-9-14(18)10-8-13/h3-12,21H,1-2H3,(H,20,22)/b19-11+. The van der Waals surface area contributed by atoms with E-state index in [-0.39, 0.29) is 16.5 Å². The molecule has 0 fully saturated rings. The number of nitrogens with zero attached hydrogens (tertiary/aromatic N) is 1. The van der Waals surface area contributed by atoms with Crippen molar-refractivity contribution in [2.75, 3.05) is 0 Å². The van der Waals surface area contributed by atoms with E-state index in [1.165, 1.54) is 18.3 Å². The van der Waals surface area contributed by atoms with Crippen LogP contribution >= 0.6 is 15.9 Å². The number of carbonyl (C=O) groups excluding carboxylic acids is 1. The van der Waals surface area contributed by atoms with E-state index in [9.17, 15) is 13.2 Å². The SMILES string of the molecule is CC(C)NS(=O)(=O)c1ccccc1C(=O)N/N=C/c1ccc(Br)cc1. The van der Waals surface area contributed by atoms with Crippen molar-refractivity contribution in [2.45, 2.75) is 24.8 Å². The Labute approximate surface area is 155 Å². The molecule has 0 aliphatic carbocycles. The first-order chi connectivity index (χ1) is 11.8. The van der Waals surface area contributed by atoms with Crippen LogP contribution in [0.15, 0.2) is 63.0 Å². The summed E-state index contributed by atoms with van der Waals surface area (Å²) in [5, 5.41) is 3.88. The molecule has 8 heteroatoms. The fourth-order valence-corrected chi connectivity index (χ4v) is 3.76. The van der Waals surface area contributed by atoms with E-state index in [0.717, 1.165) is 10.0 Å². The second-order valence-corrected chi connectivity index (χ2v) is 8.12. The van der Waals surface area contributed by atoms with Gasteiger partial charge in [-0.3, -0.25) is 4.79 Å². The average Bonchev–Trinajstić information content (AvgIpc) is 2.55. The Morgan fingerprint density at radius 3 is 2.40 bits per heavy atom. The molecule has 2 N–H and O–H groups in total. The van der Waals surface area contributed by atoms with Gasteiger partial charge >= 0.3 is 0 Å². The molecule has 2 rings (SSSR count). The quantitative estimate of drug-likeness (QED) is 0.552. The Morgan fingerprint density at radius 2 is 1.76 bits per heavy atom. The Bertz CT molecular complexity index is 878. The molecular weight excluding hydrogens is 406 g/mol. The number of amides is 1. The van der Waals surface area contributed by atoms with E-state index in [1.807, 2.05) is 24.3 Å². The summed E-state index contributed by atoms with van der Waals surface area (Å²) in [5.74, 6) is -0.599. The van der Waals surface area contributed by atoms with Gasteiger partial charge in [-0.15, -0.1) is 0 Å². The lowest BCUT2D eigenvalue weighted by atomic mass is 10.2. The zero-order chi connectivity index (χ0) is 18.4. The molecule has 0 bridgehead atoms. The minimum Gasteiger partial charge on any atom is -0.267 e. The minimum atomic E-state index is -3.79. The van der Waals surface area contributed by atoms with E-state index in [0.29, 0.717) is 0 Å². The van der Waals surface area contributed by atoms with Crippen molar-refractivity contribution >= 4 is 38.1 Å². The van der Waals surface area contributed by atoms with Crippen molar-refractivity contribution in [3.63, 3.8) is 0 Å². The van der Waals surface area contributed by atoms with Crippen LogP contribution in [-0.4, -0.2) is 26.6 Å². The van der Waals surface area contributed by atoms with E-state index in [1.54, 1.807) is 26.0 Å². The number of halogens is 1. The van der Waals surface area contributed by atoms with E-state index < -0.39 is 15.9 Å². The van der Waals surface area contributed by atoms with Gasteiger partial charge in [0.05, 0.1) is 16.7 Å². The van der Waals surface area contributed by atoms with Crippen molar-refractivity contribution in [3.05, 3.63) is 64.1 Å². The molecule has 0 aromatic heterocycles. The van der Waals surface area contributed by atoms with Crippen LogP contribution < -0.4 is 10.1 Å². The molecule has 0 atom stereocenters. The highest BCUT2D eigenvalue weighted by Gasteiger charge is 2.22. The van der Waals surface area contributed by atoms with Gasteiger partial charge in [0, 0.05) is 10.5 Å². The number of sulfonamides is 1. The fraction of sp³-hybridized carbons (Fsp3) is 0.176. The monoisotopic (exact) mass is 423 g/mol. The van der Waals surface area contributed by atoms with Gasteiger partial charge in [0.25, 0.3) is 5.91 Å². The minimum absolute atomic E-state index is 0.0311. The molecule has 1 amide bonds. The highest BCUT2D eigenvalue weighted by molar-refractivity contribution is 9.10. The number of hydrogen-bond acceptors (Lipinski definition) is 4. The van der Waals surface area contributed by atoms with Crippen LogP contribution in [0.25, 0.3) is 0 Å². The Kier molecular flexibility index (Phi) is 6.46. The number of rotatable bonds is 6. The van der Waals surface area contributed by atoms with Crippen LogP contribution in [0.2, 0.25) is 0 Å². The Balaban J connectivity index is 2.18. The molecule has 25 heavy (non-hydrogen) atoms. The first kappa shape index (κ1) is 19.3. The molecule has 2 aromatic carbocycles. The van der Waals surface area contributed by atoms with Crippen molar-refractivity contribution in [2.24, 2.45) is 5.10 Å². The van der Waals surface area contributed by atoms with E-state index in [4.69, 9.17) is 0 Å². The van der Waals surface area contributed by atoms with Gasteiger partial charge in [-0.25, -0.2) is 18.6 Å². The van der Waals surface area contributed by atoms with E-state index in [2.05, 4.69) is 31.2 Å². The van der Waals surface area contributed by atoms with Crippen molar-refractivity contribution < 1.29 is 13.2 Å². The lowest BCUT2D eigenvalue weighted by Crippen LogP contribution is -2.32. The number of nitrogens with one attached hydrogen (secondary N) is 2. The highest BCUT2D eigenvalue weighted by Crippen LogP contribution is 2.16. The Hall–Kier alpha value is -2.03. The lowest BCUT2D eigenvalue weighted by Gasteiger charge is -2.12. The summed E-state index contributed by atoms with van der Waals surface area (Å²) < 4.78 is 28.1. The maximum Gasteiger partial charge on any atom is 0.272 e. The smallest absolute Gasteiger partial charge is 0.267 e. The van der Waals surface area contributed by atoms with Crippen molar-refractivity contribution in [1.82, 2.24) is 10.1 Å². The number of hydrogen-bond donors (Lipinski definition) is 2. The second-order valence-electron chi connectivity index (χ2n) is 5.52. The van der Waals surface area contributed by atoms with Gasteiger partial charge in [-0.2, -0.15) is 5.10 Å². The molecule has 0 heterocycles. The normalized spacial score (nSPS) is 11.8. The van der Waals surface area contributed by atoms with Crippen LogP contribution in [0, 0.1) is 0 Å². The maximum absolute atomic E-state index is 12.4. The number of benzene rings is 2. The third kappa shape index (κ3) is 5.48. The predicted octanol–water partition coefficient (Wildman–Crippen LogP) is 2.90. The highest BCUT2D eigenvalue weighted by atomic mass is 79.9. The lowest BCUT2D eigenvalue weighted by molar-refractivity contribution is 0.0952. The molecule has 0 saturated heterocycles. The first-order valence-corrected chi connectivity index (χ1v) is 9.77. The van der Waals surface area contributed by atoms with Crippen LogP contribution in [-0.2, 0) is 10.0 Å². The number of carbonyl (C=O) groups is 1. The van der Waals surface area contributed by atoms with Gasteiger partial charge in [-0.05, 0) is 43.7 Å².